The molecule has 3 aliphatic rings. The number of rotatable bonds is 9. The molecule has 0 aromatic heterocycles. The second-order valence-corrected chi connectivity index (χ2v) is 14.9. The number of alkyl halides is 3. The molecule has 3 aliphatic heterocycles. The standard InChI is InChI=1S/C32H46F3N3O7S/c1-19(2)38(21-12-11-13-36(18-21)29(41)45-30(4,5)6)26(39)22-16-24-25(17-23(22)32(33,34)35)46-31(7,28-43-20(3)44-28)27(40)37(24)14-9-10-15-42-8/h16-17,19-21,28H,9-15,18H2,1-8H3/t20?,21-,28?,31?/m1/s1. The normalized spacial score (nSPS) is 25.3. The molecule has 10 nitrogen and oxygen atoms in total. The van der Waals surface area contributed by atoms with Gasteiger partial charge in [0.2, 0.25) is 5.91 Å². The predicted molar refractivity (Wildman–Crippen MR) is 167 cm³/mol. The third kappa shape index (κ3) is 7.77. The number of piperidine rings is 1. The molecule has 46 heavy (non-hydrogen) atoms. The Morgan fingerprint density at radius 1 is 1.17 bits per heavy atom. The van der Waals surface area contributed by atoms with Crippen molar-refractivity contribution >= 4 is 35.4 Å². The summed E-state index contributed by atoms with van der Waals surface area (Å²) in [5.74, 6) is -1.19. The van der Waals surface area contributed by atoms with Gasteiger partial charge in [0.15, 0.2) is 12.6 Å². The highest BCUT2D eigenvalue weighted by Gasteiger charge is 2.55. The summed E-state index contributed by atoms with van der Waals surface area (Å²) in [7, 11) is 1.57. The van der Waals surface area contributed by atoms with Crippen LogP contribution in [0.25, 0.3) is 0 Å². The van der Waals surface area contributed by atoms with Crippen molar-refractivity contribution in [3.05, 3.63) is 23.3 Å². The number of hydrogen-bond acceptors (Lipinski definition) is 8. The fourth-order valence-corrected chi connectivity index (χ4v) is 7.37. The van der Waals surface area contributed by atoms with Gasteiger partial charge in [0.1, 0.15) is 10.3 Å². The number of nitrogens with zero attached hydrogens (tertiary/aromatic N) is 3. The molecule has 0 radical (unpaired) electrons. The quantitative estimate of drug-likeness (QED) is 0.282. The minimum Gasteiger partial charge on any atom is -0.444 e. The van der Waals surface area contributed by atoms with Crippen molar-refractivity contribution < 1.29 is 46.5 Å². The van der Waals surface area contributed by atoms with Crippen LogP contribution in [0.4, 0.5) is 23.7 Å². The van der Waals surface area contributed by atoms with E-state index >= 15 is 0 Å². The van der Waals surface area contributed by atoms with E-state index in [9.17, 15) is 27.6 Å². The highest BCUT2D eigenvalue weighted by molar-refractivity contribution is 8.01. The summed E-state index contributed by atoms with van der Waals surface area (Å²) in [6.45, 7) is 13.2. The van der Waals surface area contributed by atoms with Gasteiger partial charge >= 0.3 is 12.3 Å². The Balaban J connectivity index is 1.75. The molecule has 0 aliphatic carbocycles. The smallest absolute Gasteiger partial charge is 0.417 e. The number of fused-ring (bicyclic) bond motifs is 1. The molecule has 2 saturated heterocycles. The Labute approximate surface area is 273 Å². The van der Waals surface area contributed by atoms with E-state index in [1.165, 1.54) is 20.8 Å². The zero-order valence-corrected chi connectivity index (χ0v) is 28.7. The van der Waals surface area contributed by atoms with Crippen molar-refractivity contribution in [1.29, 1.82) is 0 Å². The van der Waals surface area contributed by atoms with Crippen LogP contribution in [0.3, 0.4) is 0 Å². The summed E-state index contributed by atoms with van der Waals surface area (Å²) in [6.07, 6.45) is -4.67. The third-order valence-electron chi connectivity index (χ3n) is 8.21. The highest BCUT2D eigenvalue weighted by atomic mass is 32.2. The van der Waals surface area contributed by atoms with E-state index in [0.717, 1.165) is 17.8 Å². The number of unbranched alkanes of at least 4 members (excludes halogenated alkanes) is 1. The van der Waals surface area contributed by atoms with Crippen LogP contribution in [0.15, 0.2) is 17.0 Å². The molecule has 0 saturated carbocycles. The summed E-state index contributed by atoms with van der Waals surface area (Å²) in [4.78, 5) is 45.7. The molecule has 1 aromatic carbocycles. The minimum atomic E-state index is -4.86. The highest BCUT2D eigenvalue weighted by Crippen LogP contribution is 2.52. The number of methoxy groups -OCH3 is 1. The van der Waals surface area contributed by atoms with Gasteiger partial charge in [0, 0.05) is 44.3 Å². The minimum absolute atomic E-state index is 0.128. The maximum atomic E-state index is 14.8. The fraction of sp³-hybridized carbons (Fsp3) is 0.719. The number of halogens is 3. The number of carbonyl (C=O) groups excluding carboxylic acids is 3. The van der Waals surface area contributed by atoms with Crippen LogP contribution in [-0.2, 0) is 29.9 Å². The van der Waals surface area contributed by atoms with Gasteiger partial charge in [-0.05, 0) is 86.3 Å². The molecule has 4 rings (SSSR count). The van der Waals surface area contributed by atoms with Crippen LogP contribution in [0.2, 0.25) is 0 Å². The number of likely N-dealkylation sites (tertiary alicyclic amines) is 1. The van der Waals surface area contributed by atoms with Gasteiger partial charge in [0.05, 0.1) is 22.9 Å². The van der Waals surface area contributed by atoms with E-state index in [1.807, 2.05) is 0 Å². The topological polar surface area (TPSA) is 97.8 Å². The second-order valence-electron chi connectivity index (χ2n) is 13.4. The number of benzene rings is 1. The lowest BCUT2D eigenvalue weighted by atomic mass is 9.98. The molecule has 1 unspecified atom stereocenters. The molecule has 0 spiro atoms. The Hall–Kier alpha value is -2.55. The molecule has 0 N–H and O–H groups in total. The molecule has 2 atom stereocenters. The van der Waals surface area contributed by atoms with Crippen LogP contribution >= 0.6 is 11.8 Å². The largest absolute Gasteiger partial charge is 0.444 e. The van der Waals surface area contributed by atoms with E-state index in [-0.39, 0.29) is 29.6 Å². The first-order valence-electron chi connectivity index (χ1n) is 15.7. The zero-order valence-electron chi connectivity index (χ0n) is 27.9. The summed E-state index contributed by atoms with van der Waals surface area (Å²) in [5.41, 5.74) is -2.12. The number of carbonyl (C=O) groups is 3. The Bertz CT molecular complexity index is 1300. The average molecular weight is 674 g/mol. The molecule has 0 bridgehead atoms. The Morgan fingerprint density at radius 2 is 1.85 bits per heavy atom. The van der Waals surface area contributed by atoms with Gasteiger partial charge in [0.25, 0.3) is 5.91 Å². The summed E-state index contributed by atoms with van der Waals surface area (Å²) in [5, 5.41) is 0. The first-order chi connectivity index (χ1) is 21.4. The molecule has 3 amide bonds. The van der Waals surface area contributed by atoms with Gasteiger partial charge in [-0.25, -0.2) is 4.79 Å². The Morgan fingerprint density at radius 3 is 2.41 bits per heavy atom. The lowest BCUT2D eigenvalue weighted by Gasteiger charge is -2.48. The predicted octanol–water partition coefficient (Wildman–Crippen LogP) is 6.30. The maximum Gasteiger partial charge on any atom is 0.417 e. The van der Waals surface area contributed by atoms with Crippen LogP contribution in [-0.4, -0.2) is 96.1 Å². The molecule has 14 heteroatoms. The van der Waals surface area contributed by atoms with E-state index in [2.05, 4.69) is 0 Å². The average Bonchev–Trinajstić information content (AvgIpc) is 2.93. The van der Waals surface area contributed by atoms with Gasteiger partial charge in [-0.3, -0.25) is 9.59 Å². The van der Waals surface area contributed by atoms with E-state index in [0.29, 0.717) is 38.8 Å². The molecule has 1 aromatic rings. The van der Waals surface area contributed by atoms with Crippen molar-refractivity contribution in [2.45, 2.75) is 120 Å². The van der Waals surface area contributed by atoms with E-state index in [1.54, 1.807) is 55.6 Å². The van der Waals surface area contributed by atoms with Crippen LogP contribution in [0, 0.1) is 0 Å². The van der Waals surface area contributed by atoms with E-state index in [4.69, 9.17) is 18.9 Å². The summed E-state index contributed by atoms with van der Waals surface area (Å²) >= 11 is 0.953. The molecule has 3 heterocycles. The van der Waals surface area contributed by atoms with Gasteiger partial charge in [-0.15, -0.1) is 11.8 Å². The molecule has 2 fully saturated rings. The fourth-order valence-electron chi connectivity index (χ4n) is 6.06. The lowest BCUT2D eigenvalue weighted by molar-refractivity contribution is -0.380. The van der Waals surface area contributed by atoms with Crippen molar-refractivity contribution in [3.8, 4) is 0 Å². The zero-order chi connectivity index (χ0) is 34.2. The van der Waals surface area contributed by atoms with Crippen molar-refractivity contribution in [3.63, 3.8) is 0 Å². The van der Waals surface area contributed by atoms with Gasteiger partial charge in [-0.2, -0.15) is 13.2 Å². The van der Waals surface area contributed by atoms with Crippen LogP contribution < -0.4 is 4.90 Å². The van der Waals surface area contributed by atoms with Gasteiger partial charge in [-0.1, -0.05) is 0 Å². The van der Waals surface area contributed by atoms with Crippen molar-refractivity contribution in [2.75, 3.05) is 38.3 Å². The SMILES string of the molecule is COCCCCN1C(=O)C(C)(C2OC(C)O2)Sc2cc(C(F)(F)F)c(C(=O)N(C(C)C)[C@@H]3CCCN(C(=O)OC(C)(C)C)C3)cc21. The van der Waals surface area contributed by atoms with Crippen LogP contribution in [0.5, 0.6) is 0 Å². The van der Waals surface area contributed by atoms with E-state index < -0.39 is 64.3 Å². The van der Waals surface area contributed by atoms with Gasteiger partial charge < -0.3 is 33.6 Å². The number of anilines is 1. The second kappa shape index (κ2) is 13.9. The molecular formula is C32H46F3N3O7S. The first-order valence-corrected chi connectivity index (χ1v) is 16.6. The summed E-state index contributed by atoms with van der Waals surface area (Å²) < 4.78 is 64.9. The molecule has 258 valence electrons. The third-order valence-corrected chi connectivity index (χ3v) is 9.55. The Kier molecular flexibility index (Phi) is 11.0. The number of ether oxygens (including phenoxy) is 4. The number of hydrogen-bond donors (Lipinski definition) is 0. The van der Waals surface area contributed by atoms with Crippen molar-refractivity contribution in [2.24, 2.45) is 0 Å². The monoisotopic (exact) mass is 673 g/mol. The summed E-state index contributed by atoms with van der Waals surface area (Å²) in [6, 6.07) is 1.16. The lowest BCUT2D eigenvalue weighted by Crippen LogP contribution is -2.61. The molecular weight excluding hydrogens is 627 g/mol. The maximum absolute atomic E-state index is 14.8. The number of amides is 3. The number of thioether (sulfide) groups is 1. The van der Waals surface area contributed by atoms with Crippen molar-refractivity contribution in [1.82, 2.24) is 9.80 Å². The first kappa shape index (κ1) is 36.3. The van der Waals surface area contributed by atoms with Crippen LogP contribution in [0.1, 0.15) is 90.1 Å².